The molecule has 1 N–H and O–H groups in total. The number of hydrogen-bond donors (Lipinski definition) is 1. The Balaban J connectivity index is 2.67. The molecule has 1 aromatic rings. The second-order valence-corrected chi connectivity index (χ2v) is 2.77. The van der Waals surface area contributed by atoms with E-state index in [1.54, 1.807) is 18.2 Å². The molecular weight excluding hydrogens is 171 g/mol. The van der Waals surface area contributed by atoms with Crippen LogP contribution in [0, 0.1) is 11.3 Å². The van der Waals surface area contributed by atoms with Crippen molar-refractivity contribution in [3.63, 3.8) is 0 Å². The quantitative estimate of drug-likeness (QED) is 0.648. The number of fused-ring (bicyclic) bond motifs is 1. The number of carbonyl (C=O) groups excluding carboxylic acids is 1. The Morgan fingerprint density at radius 2 is 2.15 bits per heavy atom. The molecule has 1 aromatic carbocycles. The van der Waals surface area contributed by atoms with Gasteiger partial charge in [0, 0.05) is 11.3 Å². The molecule has 1 atom stereocenters. The zero-order chi connectivity index (χ0) is 9.47. The lowest BCUT2D eigenvalue weighted by atomic mass is 9.99. The highest BCUT2D eigenvalue weighted by atomic mass is 19.1. The standard InChI is InChI=1S/C9H5FN2O/c10-9(5-11)6-3-1-2-4-7(6)12-8(9)13/h1-4H,(H,12,13). The van der Waals surface area contributed by atoms with Crippen LogP contribution < -0.4 is 5.32 Å². The third kappa shape index (κ3) is 0.842. The van der Waals surface area contributed by atoms with Crippen molar-refractivity contribution in [2.75, 3.05) is 5.32 Å². The number of hydrogen-bond acceptors (Lipinski definition) is 2. The van der Waals surface area contributed by atoms with Crippen LogP contribution in [0.4, 0.5) is 10.1 Å². The Morgan fingerprint density at radius 1 is 1.46 bits per heavy atom. The summed E-state index contributed by atoms with van der Waals surface area (Å²) in [6.07, 6.45) is 0. The molecule has 0 saturated heterocycles. The topological polar surface area (TPSA) is 52.9 Å². The van der Waals surface area contributed by atoms with Gasteiger partial charge in [-0.15, -0.1) is 0 Å². The molecule has 0 saturated carbocycles. The van der Waals surface area contributed by atoms with Crippen LogP contribution in [0.15, 0.2) is 24.3 Å². The number of nitrogens with zero attached hydrogens (tertiary/aromatic N) is 1. The van der Waals surface area contributed by atoms with Crippen LogP contribution in [-0.2, 0) is 10.5 Å². The number of anilines is 1. The molecule has 0 bridgehead atoms. The number of nitriles is 1. The maximum absolute atomic E-state index is 13.7. The summed E-state index contributed by atoms with van der Waals surface area (Å²) in [6, 6.07) is 7.61. The van der Waals surface area contributed by atoms with Gasteiger partial charge >= 0.3 is 0 Å². The third-order valence-corrected chi connectivity index (χ3v) is 2.01. The van der Waals surface area contributed by atoms with Crippen LogP contribution >= 0.6 is 0 Å². The number of para-hydroxylation sites is 1. The van der Waals surface area contributed by atoms with Crippen molar-refractivity contribution in [3.8, 4) is 6.07 Å². The second kappa shape index (κ2) is 2.30. The lowest BCUT2D eigenvalue weighted by Gasteiger charge is -2.05. The lowest BCUT2D eigenvalue weighted by molar-refractivity contribution is -0.123. The number of nitrogens with one attached hydrogen (secondary N) is 1. The molecule has 1 unspecified atom stereocenters. The molecule has 4 heteroatoms. The van der Waals surface area contributed by atoms with Gasteiger partial charge < -0.3 is 5.32 Å². The zero-order valence-electron chi connectivity index (χ0n) is 6.54. The molecule has 0 aliphatic carbocycles. The molecule has 64 valence electrons. The summed E-state index contributed by atoms with van der Waals surface area (Å²) in [6.45, 7) is 0. The summed E-state index contributed by atoms with van der Waals surface area (Å²) in [7, 11) is 0. The predicted molar refractivity (Wildman–Crippen MR) is 43.5 cm³/mol. The SMILES string of the molecule is N#CC1(F)C(=O)Nc2ccccc21. The molecule has 0 aromatic heterocycles. The first-order valence-corrected chi connectivity index (χ1v) is 3.69. The number of benzene rings is 1. The highest BCUT2D eigenvalue weighted by Crippen LogP contribution is 2.38. The van der Waals surface area contributed by atoms with Crippen LogP contribution in [0.25, 0.3) is 0 Å². The highest BCUT2D eigenvalue weighted by Gasteiger charge is 2.47. The molecule has 1 amide bonds. The Kier molecular flexibility index (Phi) is 1.37. The first-order chi connectivity index (χ1) is 6.18. The van der Waals surface area contributed by atoms with E-state index in [1.807, 2.05) is 0 Å². The van der Waals surface area contributed by atoms with E-state index in [0.29, 0.717) is 5.69 Å². The number of alkyl halides is 1. The number of halogens is 1. The Labute approximate surface area is 73.8 Å². The summed E-state index contributed by atoms with van der Waals surface area (Å²) in [5.41, 5.74) is -2.05. The number of amides is 1. The van der Waals surface area contributed by atoms with Gasteiger partial charge in [-0.25, -0.2) is 4.39 Å². The molecule has 2 rings (SSSR count). The largest absolute Gasteiger partial charge is 0.322 e. The monoisotopic (exact) mass is 176 g/mol. The zero-order valence-corrected chi connectivity index (χ0v) is 6.54. The molecular formula is C9H5FN2O. The maximum atomic E-state index is 13.7. The van der Waals surface area contributed by atoms with Crippen LogP contribution in [0.2, 0.25) is 0 Å². The Bertz CT molecular complexity index is 424. The summed E-state index contributed by atoms with van der Waals surface area (Å²) >= 11 is 0. The molecule has 0 spiro atoms. The van der Waals surface area contributed by atoms with Crippen molar-refractivity contribution < 1.29 is 9.18 Å². The van der Waals surface area contributed by atoms with E-state index in [4.69, 9.17) is 5.26 Å². The van der Waals surface area contributed by atoms with Crippen LogP contribution in [0.1, 0.15) is 5.56 Å². The molecule has 0 radical (unpaired) electrons. The number of carbonyl (C=O) groups is 1. The number of rotatable bonds is 0. The Hall–Kier alpha value is -1.89. The van der Waals surface area contributed by atoms with Gasteiger partial charge in [0.15, 0.2) is 0 Å². The van der Waals surface area contributed by atoms with Crippen molar-refractivity contribution in [2.45, 2.75) is 5.67 Å². The van der Waals surface area contributed by atoms with Gasteiger partial charge in [0.1, 0.15) is 6.07 Å². The van der Waals surface area contributed by atoms with E-state index in [2.05, 4.69) is 5.32 Å². The van der Waals surface area contributed by atoms with Crippen molar-refractivity contribution in [1.29, 1.82) is 5.26 Å². The summed E-state index contributed by atoms with van der Waals surface area (Å²) in [5, 5.41) is 10.9. The normalized spacial score (nSPS) is 24.8. The van der Waals surface area contributed by atoms with E-state index in [0.717, 1.165) is 0 Å². The summed E-state index contributed by atoms with van der Waals surface area (Å²) in [5.74, 6) is -0.906. The lowest BCUT2D eigenvalue weighted by Crippen LogP contribution is -2.27. The van der Waals surface area contributed by atoms with Crippen molar-refractivity contribution >= 4 is 11.6 Å². The first kappa shape index (κ1) is 7.74. The third-order valence-electron chi connectivity index (χ3n) is 2.01. The molecule has 1 aliphatic heterocycles. The van der Waals surface area contributed by atoms with Crippen molar-refractivity contribution in [1.82, 2.24) is 0 Å². The minimum absolute atomic E-state index is 0.0995. The minimum Gasteiger partial charge on any atom is -0.322 e. The average molecular weight is 176 g/mol. The van der Waals surface area contributed by atoms with E-state index in [-0.39, 0.29) is 5.56 Å². The summed E-state index contributed by atoms with van der Waals surface area (Å²) in [4.78, 5) is 11.1. The van der Waals surface area contributed by atoms with Crippen LogP contribution in [-0.4, -0.2) is 5.91 Å². The Morgan fingerprint density at radius 3 is 2.85 bits per heavy atom. The fourth-order valence-corrected chi connectivity index (χ4v) is 1.33. The van der Waals surface area contributed by atoms with Gasteiger partial charge in [-0.3, -0.25) is 4.79 Å². The van der Waals surface area contributed by atoms with E-state index in [9.17, 15) is 9.18 Å². The first-order valence-electron chi connectivity index (χ1n) is 3.69. The van der Waals surface area contributed by atoms with Crippen LogP contribution in [0.5, 0.6) is 0 Å². The van der Waals surface area contributed by atoms with Gasteiger partial charge in [0.2, 0.25) is 0 Å². The minimum atomic E-state index is -2.52. The predicted octanol–water partition coefficient (Wildman–Crippen LogP) is 1.33. The van der Waals surface area contributed by atoms with Gasteiger partial charge in [0.25, 0.3) is 11.6 Å². The second-order valence-electron chi connectivity index (χ2n) is 2.77. The fraction of sp³-hybridized carbons (Fsp3) is 0.111. The maximum Gasteiger partial charge on any atom is 0.300 e. The molecule has 13 heavy (non-hydrogen) atoms. The van der Waals surface area contributed by atoms with Crippen LogP contribution in [0.3, 0.4) is 0 Å². The molecule has 0 fully saturated rings. The highest BCUT2D eigenvalue weighted by molar-refractivity contribution is 6.06. The molecule has 1 heterocycles. The fourth-order valence-electron chi connectivity index (χ4n) is 1.33. The van der Waals surface area contributed by atoms with Gasteiger partial charge in [-0.05, 0) is 6.07 Å². The van der Waals surface area contributed by atoms with Gasteiger partial charge in [-0.1, -0.05) is 18.2 Å². The van der Waals surface area contributed by atoms with E-state index in [1.165, 1.54) is 12.1 Å². The summed E-state index contributed by atoms with van der Waals surface area (Å²) < 4.78 is 13.7. The van der Waals surface area contributed by atoms with Gasteiger partial charge in [0.05, 0.1) is 0 Å². The average Bonchev–Trinajstić information content (AvgIpc) is 2.41. The van der Waals surface area contributed by atoms with E-state index < -0.39 is 11.6 Å². The van der Waals surface area contributed by atoms with Crippen molar-refractivity contribution in [3.05, 3.63) is 29.8 Å². The smallest absolute Gasteiger partial charge is 0.300 e. The van der Waals surface area contributed by atoms with Gasteiger partial charge in [-0.2, -0.15) is 5.26 Å². The molecule has 1 aliphatic rings. The van der Waals surface area contributed by atoms with E-state index >= 15 is 0 Å². The van der Waals surface area contributed by atoms with Crippen molar-refractivity contribution in [2.24, 2.45) is 0 Å². The molecule has 3 nitrogen and oxygen atoms in total.